The Morgan fingerprint density at radius 1 is 1.14 bits per heavy atom. The van der Waals surface area contributed by atoms with E-state index in [9.17, 15) is 5.26 Å². The molecule has 0 spiro atoms. The Hall–Kier alpha value is -2.93. The molecule has 0 saturated carbocycles. The zero-order valence-electron chi connectivity index (χ0n) is 11.7. The number of hydrogen-bond acceptors (Lipinski definition) is 4. The molecule has 1 aromatic carbocycles. The van der Waals surface area contributed by atoms with Crippen molar-refractivity contribution in [1.82, 2.24) is 9.97 Å². The van der Waals surface area contributed by atoms with E-state index in [-0.39, 0.29) is 0 Å². The molecular formula is C17H14N4. The fourth-order valence-electron chi connectivity index (χ4n) is 2.27. The molecule has 3 aromatic rings. The molecule has 2 aromatic heterocycles. The summed E-state index contributed by atoms with van der Waals surface area (Å²) in [4.78, 5) is 10.9. The third-order valence-corrected chi connectivity index (χ3v) is 3.34. The number of pyridine rings is 2. The maximum absolute atomic E-state index is 9.32. The molecule has 21 heavy (non-hydrogen) atoms. The van der Waals surface area contributed by atoms with Crippen molar-refractivity contribution in [3.63, 3.8) is 0 Å². The van der Waals surface area contributed by atoms with Crippen molar-refractivity contribution in [1.29, 1.82) is 5.26 Å². The molecular weight excluding hydrogens is 260 g/mol. The highest BCUT2D eigenvalue weighted by Gasteiger charge is 2.09. The number of rotatable bonds is 3. The first kappa shape index (κ1) is 13.1. The van der Waals surface area contributed by atoms with Crippen LogP contribution in [0.1, 0.15) is 11.3 Å². The molecule has 2 heterocycles. The highest BCUT2D eigenvalue weighted by Crippen LogP contribution is 2.22. The Bertz CT molecular complexity index is 806. The molecule has 0 unspecified atom stereocenters. The lowest BCUT2D eigenvalue weighted by atomic mass is 10.1. The van der Waals surface area contributed by atoms with E-state index in [1.54, 1.807) is 6.20 Å². The SMILES string of the molecule is CN(Cc1ccccn1)c1cc(C#N)c2ccccc2n1. The number of hydrogen-bond donors (Lipinski definition) is 0. The largest absolute Gasteiger partial charge is 0.354 e. The van der Waals surface area contributed by atoms with Crippen LogP contribution in [-0.4, -0.2) is 17.0 Å². The average molecular weight is 274 g/mol. The first-order valence-corrected chi connectivity index (χ1v) is 6.69. The van der Waals surface area contributed by atoms with Gasteiger partial charge in [0.1, 0.15) is 5.82 Å². The van der Waals surface area contributed by atoms with Gasteiger partial charge in [0, 0.05) is 18.6 Å². The number of nitriles is 1. The Morgan fingerprint density at radius 2 is 1.95 bits per heavy atom. The third kappa shape index (κ3) is 2.67. The Kier molecular flexibility index (Phi) is 3.48. The van der Waals surface area contributed by atoms with Crippen LogP contribution >= 0.6 is 0 Å². The van der Waals surface area contributed by atoms with Crippen molar-refractivity contribution in [3.8, 4) is 6.07 Å². The number of para-hydroxylation sites is 1. The van der Waals surface area contributed by atoms with Crippen molar-refractivity contribution in [3.05, 3.63) is 66.0 Å². The molecule has 0 N–H and O–H groups in total. The van der Waals surface area contributed by atoms with Gasteiger partial charge in [0.25, 0.3) is 0 Å². The minimum atomic E-state index is 0.642. The maximum Gasteiger partial charge on any atom is 0.130 e. The summed E-state index contributed by atoms with van der Waals surface area (Å²) < 4.78 is 0. The van der Waals surface area contributed by atoms with Gasteiger partial charge in [-0.1, -0.05) is 24.3 Å². The molecule has 0 bridgehead atoms. The molecule has 0 saturated heterocycles. The van der Waals surface area contributed by atoms with Gasteiger partial charge in [0.05, 0.1) is 29.4 Å². The Balaban J connectivity index is 1.99. The number of anilines is 1. The van der Waals surface area contributed by atoms with E-state index in [4.69, 9.17) is 0 Å². The van der Waals surface area contributed by atoms with Gasteiger partial charge >= 0.3 is 0 Å². The van der Waals surface area contributed by atoms with Gasteiger partial charge in [-0.05, 0) is 24.3 Å². The molecule has 0 atom stereocenters. The van der Waals surface area contributed by atoms with Crippen LogP contribution in [0.3, 0.4) is 0 Å². The number of benzene rings is 1. The number of nitrogens with zero attached hydrogens (tertiary/aromatic N) is 4. The van der Waals surface area contributed by atoms with E-state index in [0.29, 0.717) is 12.1 Å². The number of fused-ring (bicyclic) bond motifs is 1. The zero-order chi connectivity index (χ0) is 14.7. The summed E-state index contributed by atoms with van der Waals surface area (Å²) in [6.45, 7) is 0.650. The van der Waals surface area contributed by atoms with Crippen LogP contribution in [0.25, 0.3) is 10.9 Å². The Labute approximate surface area is 123 Å². The van der Waals surface area contributed by atoms with Crippen LogP contribution in [0.15, 0.2) is 54.7 Å². The monoisotopic (exact) mass is 274 g/mol. The average Bonchev–Trinajstić information content (AvgIpc) is 2.54. The van der Waals surface area contributed by atoms with Crippen LogP contribution in [0, 0.1) is 11.3 Å². The highest BCUT2D eigenvalue weighted by molar-refractivity contribution is 5.86. The summed E-state index contributed by atoms with van der Waals surface area (Å²) in [5, 5.41) is 10.2. The van der Waals surface area contributed by atoms with Crippen molar-refractivity contribution < 1.29 is 0 Å². The lowest BCUT2D eigenvalue weighted by Gasteiger charge is -2.18. The topological polar surface area (TPSA) is 52.8 Å². The van der Waals surface area contributed by atoms with E-state index in [2.05, 4.69) is 16.0 Å². The summed E-state index contributed by atoms with van der Waals surface area (Å²) in [7, 11) is 1.95. The minimum absolute atomic E-state index is 0.642. The van der Waals surface area contributed by atoms with Crippen molar-refractivity contribution >= 4 is 16.7 Å². The molecule has 102 valence electrons. The zero-order valence-corrected chi connectivity index (χ0v) is 11.7. The Morgan fingerprint density at radius 3 is 2.71 bits per heavy atom. The molecule has 0 fully saturated rings. The van der Waals surface area contributed by atoms with Crippen LogP contribution in [-0.2, 0) is 6.54 Å². The lowest BCUT2D eigenvalue weighted by Crippen LogP contribution is -2.18. The highest BCUT2D eigenvalue weighted by atomic mass is 15.2. The standard InChI is InChI=1S/C17H14N4/c1-21(12-14-6-4-5-9-19-14)17-10-13(11-18)15-7-2-3-8-16(15)20-17/h2-10H,12H2,1H3. The maximum atomic E-state index is 9.32. The summed E-state index contributed by atoms with van der Waals surface area (Å²) in [5.74, 6) is 0.774. The van der Waals surface area contributed by atoms with Crippen molar-refractivity contribution in [2.75, 3.05) is 11.9 Å². The first-order valence-electron chi connectivity index (χ1n) is 6.69. The molecule has 0 aliphatic rings. The second kappa shape index (κ2) is 5.59. The van der Waals surface area contributed by atoms with Crippen LogP contribution in [0.5, 0.6) is 0 Å². The summed E-state index contributed by atoms with van der Waals surface area (Å²) in [6, 6.07) is 17.6. The van der Waals surface area contributed by atoms with E-state index in [1.807, 2.05) is 60.5 Å². The van der Waals surface area contributed by atoms with Crippen molar-refractivity contribution in [2.24, 2.45) is 0 Å². The molecule has 3 rings (SSSR count). The molecule has 0 radical (unpaired) electrons. The smallest absolute Gasteiger partial charge is 0.130 e. The molecule has 0 aliphatic heterocycles. The number of aromatic nitrogens is 2. The quantitative estimate of drug-likeness (QED) is 0.736. The summed E-state index contributed by atoms with van der Waals surface area (Å²) >= 11 is 0. The lowest BCUT2D eigenvalue weighted by molar-refractivity contribution is 0.869. The van der Waals surface area contributed by atoms with E-state index < -0.39 is 0 Å². The van der Waals surface area contributed by atoms with Crippen LogP contribution < -0.4 is 4.90 Å². The molecule has 4 heteroatoms. The third-order valence-electron chi connectivity index (χ3n) is 3.34. The predicted molar refractivity (Wildman–Crippen MR) is 82.8 cm³/mol. The van der Waals surface area contributed by atoms with Gasteiger partial charge < -0.3 is 4.90 Å². The minimum Gasteiger partial charge on any atom is -0.354 e. The molecule has 0 aliphatic carbocycles. The van der Waals surface area contributed by atoms with Gasteiger partial charge in [-0.15, -0.1) is 0 Å². The van der Waals surface area contributed by atoms with Gasteiger partial charge in [-0.2, -0.15) is 5.26 Å². The predicted octanol–water partition coefficient (Wildman–Crippen LogP) is 3.14. The normalized spacial score (nSPS) is 10.3. The summed E-state index contributed by atoms with van der Waals surface area (Å²) in [5.41, 5.74) is 2.44. The van der Waals surface area contributed by atoms with E-state index in [0.717, 1.165) is 22.4 Å². The molecule has 4 nitrogen and oxygen atoms in total. The van der Waals surface area contributed by atoms with Gasteiger partial charge in [-0.25, -0.2) is 4.98 Å². The first-order chi connectivity index (χ1) is 10.3. The van der Waals surface area contributed by atoms with Gasteiger partial charge in [-0.3, -0.25) is 4.98 Å². The van der Waals surface area contributed by atoms with E-state index in [1.165, 1.54) is 0 Å². The fraction of sp³-hybridized carbons (Fsp3) is 0.118. The van der Waals surface area contributed by atoms with Crippen molar-refractivity contribution in [2.45, 2.75) is 6.54 Å². The van der Waals surface area contributed by atoms with E-state index >= 15 is 0 Å². The summed E-state index contributed by atoms with van der Waals surface area (Å²) in [6.07, 6.45) is 1.78. The van der Waals surface area contributed by atoms with Gasteiger partial charge in [0.2, 0.25) is 0 Å². The molecule has 0 amide bonds. The second-order valence-corrected chi connectivity index (χ2v) is 4.83. The van der Waals surface area contributed by atoms with Gasteiger partial charge in [0.15, 0.2) is 0 Å². The fourth-order valence-corrected chi connectivity index (χ4v) is 2.27. The van der Waals surface area contributed by atoms with Crippen LogP contribution in [0.4, 0.5) is 5.82 Å². The van der Waals surface area contributed by atoms with Crippen LogP contribution in [0.2, 0.25) is 0 Å². The second-order valence-electron chi connectivity index (χ2n) is 4.83.